The average Bonchev–Trinajstić information content (AvgIpc) is 2.45. The van der Waals surface area contributed by atoms with Gasteiger partial charge in [0.2, 0.25) is 0 Å². The van der Waals surface area contributed by atoms with Gasteiger partial charge in [-0.25, -0.2) is 12.8 Å². The first-order valence-electron chi connectivity index (χ1n) is 5.72. The Labute approximate surface area is 125 Å². The Morgan fingerprint density at radius 1 is 1.10 bits per heavy atom. The zero-order chi connectivity index (χ0) is 15.5. The minimum absolute atomic E-state index is 0.0692. The Bertz CT molecular complexity index is 766. The van der Waals surface area contributed by atoms with Crippen LogP contribution in [0, 0.1) is 5.82 Å². The number of hydrazine groups is 1. The molecule has 5 nitrogen and oxygen atoms in total. The molecule has 0 saturated carbocycles. The summed E-state index contributed by atoms with van der Waals surface area (Å²) < 4.78 is 37.4. The fourth-order valence-corrected chi connectivity index (χ4v) is 2.58. The van der Waals surface area contributed by atoms with Crippen LogP contribution in [0.3, 0.4) is 0 Å². The van der Waals surface area contributed by atoms with E-state index in [-0.39, 0.29) is 10.6 Å². The number of carbonyl (C=O) groups is 1. The van der Waals surface area contributed by atoms with Crippen molar-refractivity contribution in [1.82, 2.24) is 10.3 Å². The number of nitrogens with one attached hydrogen (secondary N) is 2. The summed E-state index contributed by atoms with van der Waals surface area (Å²) >= 11 is 5.55. The monoisotopic (exact) mass is 328 g/mol. The van der Waals surface area contributed by atoms with Gasteiger partial charge in [-0.3, -0.25) is 10.2 Å². The van der Waals surface area contributed by atoms with E-state index in [0.717, 1.165) is 12.1 Å². The van der Waals surface area contributed by atoms with Gasteiger partial charge in [0.05, 0.1) is 0 Å². The van der Waals surface area contributed by atoms with Crippen LogP contribution in [-0.4, -0.2) is 14.3 Å². The summed E-state index contributed by atoms with van der Waals surface area (Å²) in [5, 5.41) is 0.0692. The van der Waals surface area contributed by atoms with Crippen LogP contribution in [0.15, 0.2) is 53.4 Å². The van der Waals surface area contributed by atoms with Gasteiger partial charge in [0.25, 0.3) is 15.9 Å². The maximum atomic E-state index is 13.6. The van der Waals surface area contributed by atoms with Crippen molar-refractivity contribution >= 4 is 27.5 Å². The average molecular weight is 329 g/mol. The lowest BCUT2D eigenvalue weighted by atomic mass is 10.2. The molecule has 0 heterocycles. The van der Waals surface area contributed by atoms with Crippen LogP contribution in [-0.2, 0) is 10.0 Å². The smallest absolute Gasteiger partial charge is 0.266 e. The first kappa shape index (κ1) is 15.4. The predicted molar refractivity (Wildman–Crippen MR) is 75.6 cm³/mol. The van der Waals surface area contributed by atoms with Gasteiger partial charge in [0.1, 0.15) is 10.7 Å². The van der Waals surface area contributed by atoms with Crippen molar-refractivity contribution in [3.8, 4) is 0 Å². The normalized spacial score (nSPS) is 11.1. The van der Waals surface area contributed by atoms with Crippen LogP contribution in [0.2, 0.25) is 5.02 Å². The van der Waals surface area contributed by atoms with E-state index in [1.54, 1.807) is 18.2 Å². The molecular formula is C13H10ClFN2O3S. The third-order valence-corrected chi connectivity index (χ3v) is 4.03. The predicted octanol–water partition coefficient (Wildman–Crippen LogP) is 2.10. The fourth-order valence-electron chi connectivity index (χ4n) is 1.52. The molecule has 0 aliphatic carbocycles. The fraction of sp³-hybridized carbons (Fsp3) is 0. The maximum absolute atomic E-state index is 13.6. The highest BCUT2D eigenvalue weighted by molar-refractivity contribution is 7.89. The van der Waals surface area contributed by atoms with Gasteiger partial charge in [-0.2, -0.15) is 0 Å². The second-order valence-corrected chi connectivity index (χ2v) is 6.09. The van der Waals surface area contributed by atoms with Gasteiger partial charge in [-0.15, -0.1) is 4.83 Å². The molecule has 0 aliphatic rings. The number of hydrogen-bond acceptors (Lipinski definition) is 3. The molecular weight excluding hydrogens is 319 g/mol. The van der Waals surface area contributed by atoms with Crippen LogP contribution in [0.1, 0.15) is 10.4 Å². The Morgan fingerprint density at radius 2 is 1.76 bits per heavy atom. The molecule has 21 heavy (non-hydrogen) atoms. The number of halogens is 2. The Hall–Kier alpha value is -1.96. The summed E-state index contributed by atoms with van der Waals surface area (Å²) in [6.45, 7) is 0. The number of carbonyl (C=O) groups excluding carboxylic acids is 1. The molecule has 2 aromatic carbocycles. The van der Waals surface area contributed by atoms with E-state index in [9.17, 15) is 17.6 Å². The lowest BCUT2D eigenvalue weighted by Crippen LogP contribution is -2.41. The zero-order valence-electron chi connectivity index (χ0n) is 10.5. The molecule has 0 aromatic heterocycles. The molecule has 110 valence electrons. The third kappa shape index (κ3) is 3.78. The van der Waals surface area contributed by atoms with Crippen LogP contribution in [0.5, 0.6) is 0 Å². The molecule has 0 fully saturated rings. The Balaban J connectivity index is 2.13. The lowest BCUT2D eigenvalue weighted by Gasteiger charge is -2.09. The van der Waals surface area contributed by atoms with E-state index < -0.39 is 26.6 Å². The highest BCUT2D eigenvalue weighted by Gasteiger charge is 2.20. The third-order valence-electron chi connectivity index (χ3n) is 2.52. The molecule has 0 spiro atoms. The summed E-state index contributed by atoms with van der Waals surface area (Å²) in [7, 11) is -4.23. The molecule has 0 saturated heterocycles. The minimum atomic E-state index is -4.23. The van der Waals surface area contributed by atoms with E-state index in [2.05, 4.69) is 0 Å². The number of amides is 1. The molecule has 0 radical (unpaired) electrons. The quantitative estimate of drug-likeness (QED) is 0.844. The molecule has 0 aliphatic heterocycles. The van der Waals surface area contributed by atoms with Gasteiger partial charge in [-0.1, -0.05) is 29.8 Å². The highest BCUT2D eigenvalue weighted by Crippen LogP contribution is 2.18. The molecule has 2 N–H and O–H groups in total. The van der Waals surface area contributed by atoms with E-state index in [4.69, 9.17) is 11.6 Å². The summed E-state index contributed by atoms with van der Waals surface area (Å²) in [5.41, 5.74) is 2.26. The van der Waals surface area contributed by atoms with Crippen molar-refractivity contribution in [2.45, 2.75) is 4.90 Å². The molecule has 1 amide bonds. The lowest BCUT2D eigenvalue weighted by molar-refractivity contribution is 0.0945. The number of rotatable bonds is 4. The van der Waals surface area contributed by atoms with Crippen LogP contribution >= 0.6 is 11.6 Å². The standard InChI is InChI=1S/C13H10ClFN2O3S/c14-10-6-7-12(11(15)8-10)21(19,20)17-16-13(18)9-4-2-1-3-5-9/h1-8,17H,(H,16,18). The van der Waals surface area contributed by atoms with Crippen molar-refractivity contribution in [1.29, 1.82) is 0 Å². The van der Waals surface area contributed by atoms with Crippen LogP contribution < -0.4 is 10.3 Å². The number of benzene rings is 2. The first-order valence-corrected chi connectivity index (χ1v) is 7.58. The molecule has 0 unspecified atom stereocenters. The van der Waals surface area contributed by atoms with Gasteiger partial charge < -0.3 is 0 Å². The second kappa shape index (κ2) is 6.21. The van der Waals surface area contributed by atoms with E-state index >= 15 is 0 Å². The van der Waals surface area contributed by atoms with Gasteiger partial charge >= 0.3 is 0 Å². The summed E-state index contributed by atoms with van der Waals surface area (Å²) in [4.78, 5) is 12.9. The van der Waals surface area contributed by atoms with Crippen molar-refractivity contribution in [3.05, 3.63) is 64.9 Å². The molecule has 8 heteroatoms. The topological polar surface area (TPSA) is 75.3 Å². The van der Waals surface area contributed by atoms with Crippen molar-refractivity contribution < 1.29 is 17.6 Å². The van der Waals surface area contributed by atoms with E-state index in [1.165, 1.54) is 18.2 Å². The molecule has 0 bridgehead atoms. The minimum Gasteiger partial charge on any atom is -0.273 e. The highest BCUT2D eigenvalue weighted by atomic mass is 35.5. The van der Waals surface area contributed by atoms with Gasteiger partial charge in [-0.05, 0) is 30.3 Å². The molecule has 0 atom stereocenters. The van der Waals surface area contributed by atoms with Crippen molar-refractivity contribution in [2.75, 3.05) is 0 Å². The maximum Gasteiger partial charge on any atom is 0.266 e. The molecule has 2 rings (SSSR count). The summed E-state index contributed by atoms with van der Waals surface area (Å²) in [6, 6.07) is 11.1. The zero-order valence-corrected chi connectivity index (χ0v) is 12.1. The van der Waals surface area contributed by atoms with Gasteiger partial charge in [0, 0.05) is 10.6 Å². The SMILES string of the molecule is O=C(NNS(=O)(=O)c1ccc(Cl)cc1F)c1ccccc1. The van der Waals surface area contributed by atoms with Crippen LogP contribution in [0.4, 0.5) is 4.39 Å². The van der Waals surface area contributed by atoms with Crippen molar-refractivity contribution in [3.63, 3.8) is 0 Å². The molecule has 2 aromatic rings. The van der Waals surface area contributed by atoms with Gasteiger partial charge in [0.15, 0.2) is 0 Å². The summed E-state index contributed by atoms with van der Waals surface area (Å²) in [6.07, 6.45) is 0. The number of hydrogen-bond donors (Lipinski definition) is 2. The largest absolute Gasteiger partial charge is 0.273 e. The second-order valence-electron chi connectivity index (χ2n) is 4.00. The van der Waals surface area contributed by atoms with Crippen molar-refractivity contribution in [2.24, 2.45) is 0 Å². The Morgan fingerprint density at radius 3 is 2.38 bits per heavy atom. The number of sulfonamides is 1. The Kier molecular flexibility index (Phi) is 4.56. The first-order chi connectivity index (χ1) is 9.90. The summed E-state index contributed by atoms with van der Waals surface area (Å²) in [5.74, 6) is -1.67. The van der Waals surface area contributed by atoms with E-state index in [0.29, 0.717) is 0 Å². The van der Waals surface area contributed by atoms with Crippen LogP contribution in [0.25, 0.3) is 0 Å². The van der Waals surface area contributed by atoms with E-state index in [1.807, 2.05) is 10.3 Å².